The summed E-state index contributed by atoms with van der Waals surface area (Å²) in [5, 5.41) is 4.36. The third kappa shape index (κ3) is 4.01. The summed E-state index contributed by atoms with van der Waals surface area (Å²) in [5.41, 5.74) is 0.779. The summed E-state index contributed by atoms with van der Waals surface area (Å²) in [6.45, 7) is 0. The standard InChI is InChI=1S/C16H14FN3O2S2/c17-12-3-1-2-4-13(12)19-14(21)5-7-23-10-11-9-15(22)20-6-8-24-16(20)18-11/h1-4,6,8-9H,5,7,10H2,(H,19,21). The first-order valence-electron chi connectivity index (χ1n) is 7.21. The molecule has 8 heteroatoms. The average Bonchev–Trinajstić information content (AvgIpc) is 3.03. The van der Waals surface area contributed by atoms with Crippen LogP contribution in [0.3, 0.4) is 0 Å². The van der Waals surface area contributed by atoms with Gasteiger partial charge in [0.15, 0.2) is 4.96 Å². The maximum absolute atomic E-state index is 13.4. The third-order valence-corrected chi connectivity index (χ3v) is 4.98. The van der Waals surface area contributed by atoms with Crippen LogP contribution in [0.25, 0.3) is 4.96 Å². The number of benzene rings is 1. The lowest BCUT2D eigenvalue weighted by atomic mass is 10.3. The molecular formula is C16H14FN3O2S2. The average molecular weight is 363 g/mol. The number of aromatic nitrogens is 2. The van der Waals surface area contributed by atoms with E-state index >= 15 is 0 Å². The Morgan fingerprint density at radius 2 is 2.21 bits per heavy atom. The summed E-state index contributed by atoms with van der Waals surface area (Å²) in [6.07, 6.45) is 1.96. The number of hydrogen-bond donors (Lipinski definition) is 1. The molecule has 0 aliphatic carbocycles. The Bertz CT molecular complexity index is 923. The zero-order valence-electron chi connectivity index (χ0n) is 12.6. The fourth-order valence-electron chi connectivity index (χ4n) is 2.08. The zero-order valence-corrected chi connectivity index (χ0v) is 14.2. The maximum atomic E-state index is 13.4. The van der Waals surface area contributed by atoms with Gasteiger partial charge in [-0.15, -0.1) is 11.3 Å². The SMILES string of the molecule is O=C(CCSCc1cc(=O)n2ccsc2n1)Nc1ccccc1F. The first-order valence-corrected chi connectivity index (χ1v) is 9.25. The molecule has 5 nitrogen and oxygen atoms in total. The molecule has 1 amide bonds. The van der Waals surface area contributed by atoms with E-state index in [1.807, 2.05) is 5.38 Å². The van der Waals surface area contributed by atoms with Gasteiger partial charge in [-0.1, -0.05) is 12.1 Å². The molecule has 0 aliphatic heterocycles. The number of nitrogens with zero attached hydrogens (tertiary/aromatic N) is 2. The van der Waals surface area contributed by atoms with E-state index in [1.54, 1.807) is 18.3 Å². The first-order chi connectivity index (χ1) is 11.6. The fourth-order valence-corrected chi connectivity index (χ4v) is 3.65. The molecule has 0 fully saturated rings. The van der Waals surface area contributed by atoms with E-state index in [1.165, 1.54) is 45.7 Å². The van der Waals surface area contributed by atoms with E-state index in [2.05, 4.69) is 10.3 Å². The van der Waals surface area contributed by atoms with Crippen LogP contribution in [0.4, 0.5) is 10.1 Å². The van der Waals surface area contributed by atoms with Crippen LogP contribution >= 0.6 is 23.1 Å². The predicted molar refractivity (Wildman–Crippen MR) is 95.1 cm³/mol. The molecule has 0 bridgehead atoms. The molecule has 3 aromatic rings. The van der Waals surface area contributed by atoms with Crippen molar-refractivity contribution in [2.24, 2.45) is 0 Å². The van der Waals surface area contributed by atoms with Gasteiger partial charge in [0.2, 0.25) is 5.91 Å². The molecule has 0 radical (unpaired) electrons. The van der Waals surface area contributed by atoms with Gasteiger partial charge < -0.3 is 5.32 Å². The molecule has 1 N–H and O–H groups in total. The highest BCUT2D eigenvalue weighted by Gasteiger charge is 2.07. The molecule has 0 unspecified atom stereocenters. The smallest absolute Gasteiger partial charge is 0.258 e. The molecule has 1 aromatic carbocycles. The Hall–Kier alpha value is -2.19. The Balaban J connectivity index is 1.48. The van der Waals surface area contributed by atoms with Crippen LogP contribution in [-0.4, -0.2) is 21.0 Å². The Labute approximate surface area is 145 Å². The quantitative estimate of drug-likeness (QED) is 0.684. The van der Waals surface area contributed by atoms with Gasteiger partial charge in [-0.05, 0) is 12.1 Å². The first kappa shape index (κ1) is 16.7. The maximum Gasteiger partial charge on any atom is 0.258 e. The highest BCUT2D eigenvalue weighted by molar-refractivity contribution is 7.98. The van der Waals surface area contributed by atoms with Crippen molar-refractivity contribution in [3.8, 4) is 0 Å². The molecule has 0 saturated heterocycles. The molecule has 2 aromatic heterocycles. The van der Waals surface area contributed by atoms with Crippen LogP contribution in [0, 0.1) is 5.82 Å². The van der Waals surface area contributed by atoms with Gasteiger partial charge in [-0.2, -0.15) is 11.8 Å². The summed E-state index contributed by atoms with van der Waals surface area (Å²) in [6, 6.07) is 7.56. The number of carbonyl (C=O) groups is 1. The molecule has 124 valence electrons. The van der Waals surface area contributed by atoms with Gasteiger partial charge in [0.25, 0.3) is 5.56 Å². The van der Waals surface area contributed by atoms with Crippen molar-refractivity contribution in [2.75, 3.05) is 11.1 Å². The van der Waals surface area contributed by atoms with Crippen LogP contribution in [-0.2, 0) is 10.5 Å². The Kier molecular flexibility index (Phi) is 5.27. The lowest BCUT2D eigenvalue weighted by Gasteiger charge is -2.06. The summed E-state index contributed by atoms with van der Waals surface area (Å²) in [4.78, 5) is 28.7. The van der Waals surface area contributed by atoms with Gasteiger partial charge >= 0.3 is 0 Å². The lowest BCUT2D eigenvalue weighted by Crippen LogP contribution is -2.14. The number of amides is 1. The van der Waals surface area contributed by atoms with Crippen molar-refractivity contribution in [2.45, 2.75) is 12.2 Å². The number of anilines is 1. The van der Waals surface area contributed by atoms with Crippen LogP contribution in [0.5, 0.6) is 0 Å². The topological polar surface area (TPSA) is 63.5 Å². The minimum atomic E-state index is -0.451. The van der Waals surface area contributed by atoms with Crippen LogP contribution in [0.2, 0.25) is 0 Å². The zero-order chi connectivity index (χ0) is 16.9. The van der Waals surface area contributed by atoms with E-state index in [-0.39, 0.29) is 23.6 Å². The Morgan fingerprint density at radius 3 is 3.04 bits per heavy atom. The summed E-state index contributed by atoms with van der Waals surface area (Å²) < 4.78 is 14.9. The van der Waals surface area contributed by atoms with Crippen molar-refractivity contribution in [3.63, 3.8) is 0 Å². The van der Waals surface area contributed by atoms with Crippen molar-refractivity contribution in [1.29, 1.82) is 0 Å². The van der Waals surface area contributed by atoms with Crippen LogP contribution < -0.4 is 10.9 Å². The van der Waals surface area contributed by atoms with E-state index in [9.17, 15) is 14.0 Å². The monoisotopic (exact) mass is 363 g/mol. The normalized spacial score (nSPS) is 10.9. The van der Waals surface area contributed by atoms with Gasteiger partial charge in [0, 0.05) is 35.6 Å². The number of hydrogen-bond acceptors (Lipinski definition) is 5. The van der Waals surface area contributed by atoms with Crippen molar-refractivity contribution in [3.05, 3.63) is 63.8 Å². The predicted octanol–water partition coefficient (Wildman–Crippen LogP) is 3.16. The number of carbonyl (C=O) groups excluding carboxylic acids is 1. The molecule has 0 saturated carbocycles. The van der Waals surface area contributed by atoms with Crippen LogP contribution in [0.15, 0.2) is 46.7 Å². The second-order valence-electron chi connectivity index (χ2n) is 4.97. The molecule has 0 atom stereocenters. The summed E-state index contributed by atoms with van der Waals surface area (Å²) in [7, 11) is 0. The third-order valence-electron chi connectivity index (χ3n) is 3.23. The fraction of sp³-hybridized carbons (Fsp3) is 0.188. The van der Waals surface area contributed by atoms with Crippen molar-refractivity contribution < 1.29 is 9.18 Å². The second kappa shape index (κ2) is 7.59. The van der Waals surface area contributed by atoms with Crippen molar-refractivity contribution >= 4 is 39.7 Å². The Morgan fingerprint density at radius 1 is 1.38 bits per heavy atom. The van der Waals surface area contributed by atoms with Gasteiger partial charge in [0.1, 0.15) is 5.82 Å². The molecule has 24 heavy (non-hydrogen) atoms. The molecule has 0 spiro atoms. The summed E-state index contributed by atoms with van der Waals surface area (Å²) in [5.74, 6) is 0.421. The lowest BCUT2D eigenvalue weighted by molar-refractivity contribution is -0.115. The molecule has 0 aliphatic rings. The summed E-state index contributed by atoms with van der Waals surface area (Å²) >= 11 is 2.91. The van der Waals surface area contributed by atoms with Crippen LogP contribution in [0.1, 0.15) is 12.1 Å². The van der Waals surface area contributed by atoms with E-state index in [4.69, 9.17) is 0 Å². The number of halogens is 1. The number of thioether (sulfide) groups is 1. The number of thiazole rings is 1. The minimum absolute atomic E-state index is 0.103. The number of nitrogens with one attached hydrogen (secondary N) is 1. The largest absolute Gasteiger partial charge is 0.324 e. The number of para-hydroxylation sites is 1. The van der Waals surface area contributed by atoms with E-state index in [0.29, 0.717) is 22.2 Å². The minimum Gasteiger partial charge on any atom is -0.324 e. The van der Waals surface area contributed by atoms with Gasteiger partial charge in [0.05, 0.1) is 11.4 Å². The number of rotatable bonds is 6. The van der Waals surface area contributed by atoms with Gasteiger partial charge in [-0.3, -0.25) is 14.0 Å². The molecule has 3 rings (SSSR count). The number of fused-ring (bicyclic) bond motifs is 1. The van der Waals surface area contributed by atoms with Crippen molar-refractivity contribution in [1.82, 2.24) is 9.38 Å². The molecular weight excluding hydrogens is 349 g/mol. The second-order valence-corrected chi connectivity index (χ2v) is 6.95. The van der Waals surface area contributed by atoms with E-state index < -0.39 is 5.82 Å². The highest BCUT2D eigenvalue weighted by Crippen LogP contribution is 2.15. The van der Waals surface area contributed by atoms with E-state index in [0.717, 1.165) is 0 Å². The highest BCUT2D eigenvalue weighted by atomic mass is 32.2. The molecule has 2 heterocycles. The van der Waals surface area contributed by atoms with Gasteiger partial charge in [-0.25, -0.2) is 9.37 Å².